The van der Waals surface area contributed by atoms with Crippen LogP contribution in [-0.2, 0) is 20.6 Å². The summed E-state index contributed by atoms with van der Waals surface area (Å²) in [6, 6.07) is 9.44. The van der Waals surface area contributed by atoms with E-state index in [1.54, 1.807) is 11.0 Å². The first-order valence-corrected chi connectivity index (χ1v) is 15.6. The molecule has 2 aliphatic heterocycles. The highest BCUT2D eigenvalue weighted by Crippen LogP contribution is 2.38. The van der Waals surface area contributed by atoms with Gasteiger partial charge in [-0.15, -0.1) is 0 Å². The van der Waals surface area contributed by atoms with Crippen molar-refractivity contribution >= 4 is 41.3 Å². The lowest BCUT2D eigenvalue weighted by Crippen LogP contribution is -2.54. The van der Waals surface area contributed by atoms with Gasteiger partial charge in [-0.2, -0.15) is 0 Å². The maximum absolute atomic E-state index is 14.1. The standard InChI is InChI=1S/C33H43BClN3O6/c1-19(2)22-13-11-12-20(3)27(22)38-26-14-23(34-43-32(7,8)33(9,10)44-34)24(35)15-25(26)37(28(39)29(38)40)18-21-16-36(17-21)30(41)42-31(4,5)6/h11-15,19,21H,16-18H2,1-10H3. The average molecular weight is 624 g/mol. The number of carbonyl (C=O) groups is 1. The van der Waals surface area contributed by atoms with Crippen LogP contribution in [-0.4, -0.2) is 57.1 Å². The number of amides is 1. The quantitative estimate of drug-likeness (QED) is 0.279. The maximum Gasteiger partial charge on any atom is 0.496 e. The molecule has 0 bridgehead atoms. The molecule has 44 heavy (non-hydrogen) atoms. The SMILES string of the molecule is Cc1cccc(C(C)C)c1-n1c(=O)c(=O)n(CC2CN(C(=O)OC(C)(C)C)C2)c2cc(Cl)c(B3OC(C)(C)C(C)(C)O3)cc21. The zero-order chi connectivity index (χ0) is 32.5. The van der Waals surface area contributed by atoms with Crippen LogP contribution in [0.2, 0.25) is 5.02 Å². The number of fused-ring (bicyclic) bond motifs is 1. The lowest BCUT2D eigenvalue weighted by molar-refractivity contribution is -0.00331. The Bertz CT molecular complexity index is 1730. The van der Waals surface area contributed by atoms with Gasteiger partial charge in [0.2, 0.25) is 0 Å². The first-order valence-electron chi connectivity index (χ1n) is 15.2. The molecule has 2 aromatic carbocycles. The Labute approximate surface area is 264 Å². The highest BCUT2D eigenvalue weighted by molar-refractivity contribution is 6.66. The minimum Gasteiger partial charge on any atom is -0.444 e. The van der Waals surface area contributed by atoms with Crippen molar-refractivity contribution in [2.24, 2.45) is 5.92 Å². The first kappa shape index (κ1) is 32.3. The van der Waals surface area contributed by atoms with E-state index in [4.69, 9.17) is 25.6 Å². The van der Waals surface area contributed by atoms with Crippen LogP contribution < -0.4 is 16.6 Å². The summed E-state index contributed by atoms with van der Waals surface area (Å²) in [5.41, 5.74) is 1.04. The van der Waals surface area contributed by atoms with Gasteiger partial charge in [0.25, 0.3) is 0 Å². The summed E-state index contributed by atoms with van der Waals surface area (Å²) in [4.78, 5) is 42.2. The van der Waals surface area contributed by atoms with Crippen LogP contribution in [0, 0.1) is 12.8 Å². The van der Waals surface area contributed by atoms with Gasteiger partial charge in [0.05, 0.1) is 27.9 Å². The predicted octanol–water partition coefficient (Wildman–Crippen LogP) is 5.40. The topological polar surface area (TPSA) is 92.0 Å². The second-order valence-electron chi connectivity index (χ2n) is 14.4. The fraction of sp³-hybridized carbons (Fsp3) is 0.545. The van der Waals surface area contributed by atoms with Gasteiger partial charge >= 0.3 is 24.3 Å². The predicted molar refractivity (Wildman–Crippen MR) is 175 cm³/mol. The van der Waals surface area contributed by atoms with Gasteiger partial charge < -0.3 is 23.5 Å². The van der Waals surface area contributed by atoms with Crippen molar-refractivity contribution in [2.75, 3.05) is 13.1 Å². The van der Waals surface area contributed by atoms with Gasteiger partial charge in [-0.1, -0.05) is 43.6 Å². The molecule has 0 saturated carbocycles. The number of rotatable bonds is 5. The number of aryl methyl sites for hydroxylation is 1. The number of halogens is 1. The Morgan fingerprint density at radius 3 is 2.23 bits per heavy atom. The molecule has 2 saturated heterocycles. The summed E-state index contributed by atoms with van der Waals surface area (Å²) in [6.45, 7) is 20.5. The second-order valence-corrected chi connectivity index (χ2v) is 14.8. The summed E-state index contributed by atoms with van der Waals surface area (Å²) in [5.74, 6) is 0.0582. The van der Waals surface area contributed by atoms with E-state index >= 15 is 0 Å². The molecular formula is C33H43BClN3O6. The highest BCUT2D eigenvalue weighted by Gasteiger charge is 2.52. The van der Waals surface area contributed by atoms with Gasteiger partial charge in [0.15, 0.2) is 0 Å². The number of nitrogens with zero attached hydrogens (tertiary/aromatic N) is 3. The number of hydrogen-bond acceptors (Lipinski definition) is 6. The van der Waals surface area contributed by atoms with E-state index in [-0.39, 0.29) is 18.4 Å². The van der Waals surface area contributed by atoms with E-state index in [1.807, 2.05) is 79.7 Å². The van der Waals surface area contributed by atoms with Gasteiger partial charge in [0, 0.05) is 36.0 Å². The van der Waals surface area contributed by atoms with Crippen LogP contribution >= 0.6 is 11.6 Å². The molecule has 2 aliphatic rings. The van der Waals surface area contributed by atoms with Crippen molar-refractivity contribution in [1.29, 1.82) is 0 Å². The molecule has 0 atom stereocenters. The van der Waals surface area contributed by atoms with Crippen LogP contribution in [0.5, 0.6) is 0 Å². The molecule has 11 heteroatoms. The van der Waals surface area contributed by atoms with Crippen molar-refractivity contribution in [2.45, 2.75) is 98.5 Å². The molecule has 2 fully saturated rings. The second kappa shape index (κ2) is 11.1. The number of aromatic nitrogens is 2. The number of hydrogen-bond donors (Lipinski definition) is 0. The molecular weight excluding hydrogens is 581 g/mol. The average Bonchev–Trinajstić information content (AvgIpc) is 3.08. The lowest BCUT2D eigenvalue weighted by Gasteiger charge is -2.40. The molecule has 1 aromatic heterocycles. The fourth-order valence-electron chi connectivity index (χ4n) is 5.82. The Morgan fingerprint density at radius 1 is 1.05 bits per heavy atom. The van der Waals surface area contributed by atoms with Crippen LogP contribution in [0.25, 0.3) is 16.7 Å². The molecule has 3 heterocycles. The van der Waals surface area contributed by atoms with Crippen LogP contribution in [0.1, 0.15) is 79.4 Å². The first-order chi connectivity index (χ1) is 20.3. The maximum atomic E-state index is 14.1. The minimum atomic E-state index is -0.767. The third kappa shape index (κ3) is 5.72. The molecule has 3 aromatic rings. The molecule has 0 spiro atoms. The minimum absolute atomic E-state index is 0.0371. The molecule has 0 unspecified atom stereocenters. The van der Waals surface area contributed by atoms with E-state index in [0.29, 0.717) is 40.3 Å². The van der Waals surface area contributed by atoms with Crippen LogP contribution in [0.4, 0.5) is 4.79 Å². The van der Waals surface area contributed by atoms with Gasteiger partial charge in [-0.25, -0.2) is 4.79 Å². The van der Waals surface area contributed by atoms with E-state index < -0.39 is 41.1 Å². The lowest BCUT2D eigenvalue weighted by atomic mass is 9.78. The highest BCUT2D eigenvalue weighted by atomic mass is 35.5. The van der Waals surface area contributed by atoms with E-state index in [2.05, 4.69) is 13.8 Å². The Balaban J connectivity index is 1.67. The largest absolute Gasteiger partial charge is 0.496 e. The smallest absolute Gasteiger partial charge is 0.444 e. The number of likely N-dealkylation sites (tertiary alicyclic amines) is 1. The van der Waals surface area contributed by atoms with Crippen molar-refractivity contribution in [3.05, 3.63) is 67.2 Å². The third-order valence-corrected chi connectivity index (χ3v) is 9.26. The summed E-state index contributed by atoms with van der Waals surface area (Å²) in [6.07, 6.45) is -0.391. The zero-order valence-electron chi connectivity index (χ0n) is 27.4. The van der Waals surface area contributed by atoms with E-state index in [9.17, 15) is 14.4 Å². The number of carbonyl (C=O) groups excluding carboxylic acids is 1. The zero-order valence-corrected chi connectivity index (χ0v) is 28.2. The van der Waals surface area contributed by atoms with Crippen molar-refractivity contribution in [1.82, 2.24) is 14.0 Å². The van der Waals surface area contributed by atoms with Crippen molar-refractivity contribution in [3.63, 3.8) is 0 Å². The van der Waals surface area contributed by atoms with Gasteiger partial charge in [-0.3, -0.25) is 14.2 Å². The fourth-order valence-corrected chi connectivity index (χ4v) is 6.07. The van der Waals surface area contributed by atoms with E-state index in [1.165, 1.54) is 9.13 Å². The molecule has 0 aliphatic carbocycles. The van der Waals surface area contributed by atoms with Crippen LogP contribution in [0.15, 0.2) is 39.9 Å². The molecule has 1 amide bonds. The summed E-state index contributed by atoms with van der Waals surface area (Å²) >= 11 is 6.92. The summed E-state index contributed by atoms with van der Waals surface area (Å²) in [7, 11) is -0.767. The number of ether oxygens (including phenoxy) is 1. The molecule has 236 valence electrons. The Kier molecular flexibility index (Phi) is 8.13. The summed E-state index contributed by atoms with van der Waals surface area (Å²) < 4.78 is 21.2. The third-order valence-electron chi connectivity index (χ3n) is 8.93. The normalized spacial score (nSPS) is 18.3. The number of benzene rings is 2. The Morgan fingerprint density at radius 2 is 1.66 bits per heavy atom. The van der Waals surface area contributed by atoms with Gasteiger partial charge in [-0.05, 0) is 84.6 Å². The van der Waals surface area contributed by atoms with Crippen molar-refractivity contribution in [3.8, 4) is 5.69 Å². The van der Waals surface area contributed by atoms with Crippen molar-refractivity contribution < 1.29 is 18.8 Å². The Hall–Kier alpha value is -3.08. The molecule has 9 nitrogen and oxygen atoms in total. The van der Waals surface area contributed by atoms with Gasteiger partial charge in [0.1, 0.15) is 5.60 Å². The molecule has 0 N–H and O–H groups in total. The summed E-state index contributed by atoms with van der Waals surface area (Å²) in [5, 5.41) is 0.368. The van der Waals surface area contributed by atoms with E-state index in [0.717, 1.165) is 11.1 Å². The molecule has 5 rings (SSSR count). The monoisotopic (exact) mass is 623 g/mol. The molecule has 0 radical (unpaired) electrons. The number of para-hydroxylation sites is 1. The van der Waals surface area contributed by atoms with Crippen LogP contribution in [0.3, 0.4) is 0 Å².